The lowest BCUT2D eigenvalue weighted by Gasteiger charge is -2.13. The molecule has 6 heteroatoms. The highest BCUT2D eigenvalue weighted by atomic mass is 16.5. The normalized spacial score (nSPS) is 12.2. The number of rotatable bonds is 6. The molecule has 0 fully saturated rings. The summed E-state index contributed by atoms with van der Waals surface area (Å²) in [6, 6.07) is 14.9. The van der Waals surface area contributed by atoms with Crippen molar-refractivity contribution in [2.24, 2.45) is 5.10 Å². The van der Waals surface area contributed by atoms with E-state index in [0.29, 0.717) is 0 Å². The smallest absolute Gasteiger partial charge is 0.262 e. The number of methoxy groups -OCH3 is 1. The van der Waals surface area contributed by atoms with Gasteiger partial charge in [0.1, 0.15) is 11.8 Å². The summed E-state index contributed by atoms with van der Waals surface area (Å²) in [5.74, 6) is 0.554. The predicted molar refractivity (Wildman–Crippen MR) is 100 cm³/mol. The zero-order chi connectivity index (χ0) is 17.6. The van der Waals surface area contributed by atoms with Crippen LogP contribution >= 0.6 is 0 Å². The Bertz CT molecular complexity index is 884. The number of fused-ring (bicyclic) bond motifs is 1. The molecule has 3 N–H and O–H groups in total. The quantitative estimate of drug-likeness (QED) is 0.478. The molecular weight excluding hydrogens is 316 g/mol. The molecule has 1 amide bonds. The van der Waals surface area contributed by atoms with Gasteiger partial charge in [-0.3, -0.25) is 4.79 Å². The molecule has 3 rings (SSSR count). The first kappa shape index (κ1) is 16.6. The lowest BCUT2D eigenvalue weighted by atomic mass is 10.2. The zero-order valence-electron chi connectivity index (χ0n) is 14.1. The Morgan fingerprint density at radius 3 is 2.72 bits per heavy atom. The fourth-order valence-corrected chi connectivity index (χ4v) is 2.47. The number of nitrogens with one attached hydrogen (secondary N) is 3. The number of amides is 1. The van der Waals surface area contributed by atoms with Crippen molar-refractivity contribution in [2.45, 2.75) is 13.0 Å². The average molecular weight is 336 g/mol. The molecule has 2 aromatic carbocycles. The fourth-order valence-electron chi connectivity index (χ4n) is 2.47. The van der Waals surface area contributed by atoms with Crippen molar-refractivity contribution in [3.05, 3.63) is 60.3 Å². The summed E-state index contributed by atoms with van der Waals surface area (Å²) in [4.78, 5) is 15.3. The Balaban J connectivity index is 1.57. The molecule has 0 radical (unpaired) electrons. The SMILES string of the molecule is COc1ccc(N[C@@H](C)C(=O)N/N=C\c2c[nH]c3ccccc23)cc1. The molecule has 0 aliphatic carbocycles. The molecule has 128 valence electrons. The molecule has 1 aromatic heterocycles. The van der Waals surface area contributed by atoms with Crippen LogP contribution in [-0.2, 0) is 4.79 Å². The monoisotopic (exact) mass is 336 g/mol. The Morgan fingerprint density at radius 2 is 1.96 bits per heavy atom. The number of anilines is 1. The Hall–Kier alpha value is -3.28. The Kier molecular flexibility index (Phi) is 4.99. The molecule has 6 nitrogen and oxygen atoms in total. The summed E-state index contributed by atoms with van der Waals surface area (Å²) in [7, 11) is 1.62. The first-order valence-corrected chi connectivity index (χ1v) is 7.97. The highest BCUT2D eigenvalue weighted by Crippen LogP contribution is 2.16. The van der Waals surface area contributed by atoms with Gasteiger partial charge < -0.3 is 15.0 Å². The van der Waals surface area contributed by atoms with E-state index in [1.165, 1.54) is 0 Å². The van der Waals surface area contributed by atoms with Gasteiger partial charge in [0.25, 0.3) is 5.91 Å². The molecule has 0 bridgehead atoms. The van der Waals surface area contributed by atoms with Crippen LogP contribution in [0.25, 0.3) is 10.9 Å². The molecule has 25 heavy (non-hydrogen) atoms. The summed E-state index contributed by atoms with van der Waals surface area (Å²) in [5.41, 5.74) is 5.35. The van der Waals surface area contributed by atoms with Crippen LogP contribution in [0.4, 0.5) is 5.69 Å². The number of hydrogen-bond acceptors (Lipinski definition) is 4. The number of benzene rings is 2. The van der Waals surface area contributed by atoms with E-state index in [1.807, 2.05) is 54.7 Å². The number of H-pyrrole nitrogens is 1. The third kappa shape index (κ3) is 3.98. The maximum absolute atomic E-state index is 12.1. The number of para-hydroxylation sites is 1. The van der Waals surface area contributed by atoms with Gasteiger partial charge in [-0.25, -0.2) is 5.43 Å². The number of hydrazone groups is 1. The van der Waals surface area contributed by atoms with Crippen molar-refractivity contribution in [3.8, 4) is 5.75 Å². The molecule has 0 aliphatic heterocycles. The number of carbonyl (C=O) groups is 1. The molecule has 0 aliphatic rings. The maximum Gasteiger partial charge on any atom is 0.262 e. The average Bonchev–Trinajstić information content (AvgIpc) is 3.05. The van der Waals surface area contributed by atoms with E-state index in [1.54, 1.807) is 20.2 Å². The van der Waals surface area contributed by atoms with Crippen LogP contribution in [0.15, 0.2) is 59.8 Å². The van der Waals surface area contributed by atoms with Gasteiger partial charge in [0, 0.05) is 28.4 Å². The van der Waals surface area contributed by atoms with E-state index < -0.39 is 6.04 Å². The summed E-state index contributed by atoms with van der Waals surface area (Å²) in [6.45, 7) is 1.78. The number of hydrogen-bond donors (Lipinski definition) is 3. The number of carbonyl (C=O) groups excluding carboxylic acids is 1. The summed E-state index contributed by atoms with van der Waals surface area (Å²) >= 11 is 0. The summed E-state index contributed by atoms with van der Waals surface area (Å²) in [5, 5.41) is 8.23. The Labute approximate surface area is 145 Å². The predicted octanol–water partition coefficient (Wildman–Crippen LogP) is 3.13. The van der Waals surface area contributed by atoms with Crippen LogP contribution in [-0.4, -0.2) is 30.3 Å². The first-order chi connectivity index (χ1) is 12.2. The topological polar surface area (TPSA) is 78.5 Å². The van der Waals surface area contributed by atoms with Gasteiger partial charge in [-0.1, -0.05) is 18.2 Å². The van der Waals surface area contributed by atoms with Crippen LogP contribution in [0.2, 0.25) is 0 Å². The van der Waals surface area contributed by atoms with Gasteiger partial charge in [-0.05, 0) is 37.3 Å². The van der Waals surface area contributed by atoms with E-state index in [0.717, 1.165) is 27.9 Å². The second-order valence-electron chi connectivity index (χ2n) is 5.62. The van der Waals surface area contributed by atoms with Crippen molar-refractivity contribution in [1.82, 2.24) is 10.4 Å². The number of aromatic amines is 1. The Morgan fingerprint density at radius 1 is 1.20 bits per heavy atom. The zero-order valence-corrected chi connectivity index (χ0v) is 14.1. The standard InChI is InChI=1S/C19H20N4O2/c1-13(22-15-7-9-16(25-2)10-8-15)19(24)23-21-12-14-11-20-18-6-4-3-5-17(14)18/h3-13,20,22H,1-2H3,(H,23,24)/b21-12-/t13-/m0/s1. The largest absolute Gasteiger partial charge is 0.497 e. The molecule has 0 saturated heterocycles. The molecule has 0 unspecified atom stereocenters. The van der Waals surface area contributed by atoms with E-state index in [-0.39, 0.29) is 5.91 Å². The van der Waals surface area contributed by atoms with E-state index in [4.69, 9.17) is 4.74 Å². The van der Waals surface area contributed by atoms with Gasteiger partial charge in [-0.2, -0.15) is 5.10 Å². The van der Waals surface area contributed by atoms with Gasteiger partial charge >= 0.3 is 0 Å². The molecule has 0 saturated carbocycles. The number of nitrogens with zero attached hydrogens (tertiary/aromatic N) is 1. The summed E-state index contributed by atoms with van der Waals surface area (Å²) < 4.78 is 5.11. The second kappa shape index (κ2) is 7.53. The molecular formula is C19H20N4O2. The lowest BCUT2D eigenvalue weighted by Crippen LogP contribution is -2.34. The number of ether oxygens (including phenoxy) is 1. The molecule has 0 spiro atoms. The third-order valence-electron chi connectivity index (χ3n) is 3.87. The molecule has 3 aromatic rings. The van der Waals surface area contributed by atoms with E-state index >= 15 is 0 Å². The number of aromatic nitrogens is 1. The lowest BCUT2D eigenvalue weighted by molar-refractivity contribution is -0.121. The van der Waals surface area contributed by atoms with E-state index in [9.17, 15) is 4.79 Å². The van der Waals surface area contributed by atoms with Crippen molar-refractivity contribution < 1.29 is 9.53 Å². The van der Waals surface area contributed by atoms with Gasteiger partial charge in [0.15, 0.2) is 0 Å². The minimum atomic E-state index is -0.423. The minimum absolute atomic E-state index is 0.216. The third-order valence-corrected chi connectivity index (χ3v) is 3.87. The van der Waals surface area contributed by atoms with E-state index in [2.05, 4.69) is 20.8 Å². The summed E-state index contributed by atoms with van der Waals surface area (Å²) in [6.07, 6.45) is 3.50. The van der Waals surface area contributed by atoms with Gasteiger partial charge in [0.05, 0.1) is 13.3 Å². The van der Waals surface area contributed by atoms with Gasteiger partial charge in [-0.15, -0.1) is 0 Å². The van der Waals surface area contributed by atoms with Crippen molar-refractivity contribution in [3.63, 3.8) is 0 Å². The van der Waals surface area contributed by atoms with Gasteiger partial charge in [0.2, 0.25) is 0 Å². The highest BCUT2D eigenvalue weighted by molar-refractivity contribution is 5.99. The fraction of sp³-hybridized carbons (Fsp3) is 0.158. The van der Waals surface area contributed by atoms with Crippen LogP contribution in [0.5, 0.6) is 5.75 Å². The maximum atomic E-state index is 12.1. The minimum Gasteiger partial charge on any atom is -0.497 e. The van der Waals surface area contributed by atoms with Crippen molar-refractivity contribution >= 4 is 28.7 Å². The first-order valence-electron chi connectivity index (χ1n) is 7.97. The highest BCUT2D eigenvalue weighted by Gasteiger charge is 2.11. The second-order valence-corrected chi connectivity index (χ2v) is 5.62. The van der Waals surface area contributed by atoms with Crippen molar-refractivity contribution in [1.29, 1.82) is 0 Å². The molecule has 1 atom stereocenters. The van der Waals surface area contributed by atoms with Crippen LogP contribution in [0, 0.1) is 0 Å². The van der Waals surface area contributed by atoms with Crippen molar-refractivity contribution in [2.75, 3.05) is 12.4 Å². The molecule has 1 heterocycles. The van der Waals surface area contributed by atoms with Crippen LogP contribution < -0.4 is 15.5 Å². The van der Waals surface area contributed by atoms with Crippen LogP contribution in [0.3, 0.4) is 0 Å². The van der Waals surface area contributed by atoms with Crippen LogP contribution in [0.1, 0.15) is 12.5 Å².